The molecule has 0 bridgehead atoms. The van der Waals surface area contributed by atoms with Gasteiger partial charge < -0.3 is 30.1 Å². The molecule has 33 heavy (non-hydrogen) atoms. The van der Waals surface area contributed by atoms with Crippen molar-refractivity contribution in [3.63, 3.8) is 0 Å². The van der Waals surface area contributed by atoms with Gasteiger partial charge in [-0.15, -0.1) is 0 Å². The van der Waals surface area contributed by atoms with Crippen molar-refractivity contribution in [2.45, 2.75) is 57.7 Å². The van der Waals surface area contributed by atoms with E-state index in [2.05, 4.69) is 15.5 Å². The quantitative estimate of drug-likeness (QED) is 0.581. The molecule has 0 aliphatic carbocycles. The summed E-state index contributed by atoms with van der Waals surface area (Å²) < 4.78 is 12.9. The van der Waals surface area contributed by atoms with Crippen LogP contribution in [0.15, 0.2) is 48.5 Å². The smallest absolute Gasteiger partial charge is 0.319 e. The lowest BCUT2D eigenvalue weighted by Gasteiger charge is -2.39. The van der Waals surface area contributed by atoms with Crippen molar-refractivity contribution >= 4 is 11.7 Å². The van der Waals surface area contributed by atoms with Crippen LogP contribution in [-0.2, 0) is 16.1 Å². The summed E-state index contributed by atoms with van der Waals surface area (Å²) in [6, 6.07) is 15.4. The first-order valence-corrected chi connectivity index (χ1v) is 12.0. The van der Waals surface area contributed by atoms with Crippen molar-refractivity contribution in [3.8, 4) is 0 Å². The molecule has 4 rings (SSSR count). The predicted octanol–water partition coefficient (Wildman–Crippen LogP) is 4.35. The van der Waals surface area contributed by atoms with E-state index in [0.29, 0.717) is 12.2 Å². The fourth-order valence-electron chi connectivity index (χ4n) is 4.56. The van der Waals surface area contributed by atoms with Crippen molar-refractivity contribution in [1.29, 1.82) is 0 Å². The molecule has 178 valence electrons. The van der Waals surface area contributed by atoms with E-state index in [1.165, 1.54) is 19.3 Å². The van der Waals surface area contributed by atoms with Gasteiger partial charge >= 0.3 is 6.03 Å². The summed E-state index contributed by atoms with van der Waals surface area (Å²) in [7, 11) is 0. The Morgan fingerprint density at radius 1 is 1.06 bits per heavy atom. The number of nitrogens with one attached hydrogen (secondary N) is 2. The number of benzene rings is 2. The van der Waals surface area contributed by atoms with Gasteiger partial charge in [0.25, 0.3) is 0 Å². The molecule has 2 aromatic rings. The molecule has 0 spiro atoms. The van der Waals surface area contributed by atoms with Crippen LogP contribution in [0.3, 0.4) is 0 Å². The third kappa shape index (κ3) is 6.54. The van der Waals surface area contributed by atoms with Gasteiger partial charge in [0.05, 0.1) is 18.8 Å². The van der Waals surface area contributed by atoms with Gasteiger partial charge in [0.2, 0.25) is 0 Å². The highest BCUT2D eigenvalue weighted by Gasteiger charge is 2.33. The second-order valence-electron chi connectivity index (χ2n) is 8.82. The van der Waals surface area contributed by atoms with Crippen LogP contribution in [0.4, 0.5) is 10.5 Å². The number of anilines is 1. The monoisotopic (exact) mass is 453 g/mol. The predicted molar refractivity (Wildman–Crippen MR) is 128 cm³/mol. The van der Waals surface area contributed by atoms with Crippen LogP contribution in [0.25, 0.3) is 0 Å². The Kier molecular flexibility index (Phi) is 8.34. The maximum atomic E-state index is 12.0. The largest absolute Gasteiger partial charge is 0.392 e. The zero-order valence-electron chi connectivity index (χ0n) is 19.3. The summed E-state index contributed by atoms with van der Waals surface area (Å²) in [6.45, 7) is 5.60. The second kappa shape index (κ2) is 11.6. The SMILES string of the molecule is CCNC(=O)Nc1cccc(C2OC(CN3CCCCC3)CC(c3ccc(CO)cc3)O2)c1. The molecule has 3 unspecified atom stereocenters. The molecule has 2 aliphatic heterocycles. The van der Waals surface area contributed by atoms with E-state index in [1.54, 1.807) is 0 Å². The second-order valence-corrected chi connectivity index (χ2v) is 8.82. The number of likely N-dealkylation sites (tertiary alicyclic amines) is 1. The normalized spacial score (nSPS) is 23.8. The third-order valence-electron chi connectivity index (χ3n) is 6.28. The minimum Gasteiger partial charge on any atom is -0.392 e. The molecular formula is C26H35N3O4. The van der Waals surface area contributed by atoms with Gasteiger partial charge in [0.1, 0.15) is 0 Å². The number of ether oxygens (including phenoxy) is 2. The Hall–Kier alpha value is -2.45. The van der Waals surface area contributed by atoms with Crippen molar-refractivity contribution < 1.29 is 19.4 Å². The first kappa shape index (κ1) is 23.7. The molecule has 0 saturated carbocycles. The number of aliphatic hydroxyl groups excluding tert-OH is 1. The lowest BCUT2D eigenvalue weighted by atomic mass is 9.99. The van der Waals surface area contributed by atoms with Gasteiger partial charge in [-0.2, -0.15) is 0 Å². The number of aliphatic hydroxyl groups is 1. The minimum atomic E-state index is -0.521. The van der Waals surface area contributed by atoms with Crippen LogP contribution in [0, 0.1) is 0 Å². The molecule has 7 heteroatoms. The van der Waals surface area contributed by atoms with Crippen LogP contribution >= 0.6 is 0 Å². The van der Waals surface area contributed by atoms with Crippen LogP contribution in [0.1, 0.15) is 61.7 Å². The van der Waals surface area contributed by atoms with Gasteiger partial charge in [-0.25, -0.2) is 4.79 Å². The summed E-state index contributed by atoms with van der Waals surface area (Å²) in [5.41, 5.74) is 3.55. The summed E-state index contributed by atoms with van der Waals surface area (Å²) in [4.78, 5) is 14.5. The topological polar surface area (TPSA) is 83.1 Å². The summed E-state index contributed by atoms with van der Waals surface area (Å²) >= 11 is 0. The molecule has 3 N–H and O–H groups in total. The van der Waals surface area contributed by atoms with Crippen LogP contribution in [-0.4, -0.2) is 48.3 Å². The Bertz CT molecular complexity index is 899. The molecule has 2 fully saturated rings. The summed E-state index contributed by atoms with van der Waals surface area (Å²) in [6.07, 6.45) is 3.99. The van der Waals surface area contributed by atoms with Gasteiger partial charge in [0, 0.05) is 30.8 Å². The average Bonchev–Trinajstić information content (AvgIpc) is 2.85. The van der Waals surface area contributed by atoms with Crippen molar-refractivity contribution in [2.24, 2.45) is 0 Å². The van der Waals surface area contributed by atoms with E-state index in [0.717, 1.165) is 42.7 Å². The minimum absolute atomic E-state index is 0.0283. The van der Waals surface area contributed by atoms with Crippen molar-refractivity contribution in [1.82, 2.24) is 10.2 Å². The van der Waals surface area contributed by atoms with Crippen LogP contribution < -0.4 is 10.6 Å². The average molecular weight is 454 g/mol. The molecule has 2 saturated heterocycles. The van der Waals surface area contributed by atoms with Gasteiger partial charge in [-0.05, 0) is 56.1 Å². The molecule has 2 aromatic carbocycles. The Morgan fingerprint density at radius 2 is 1.85 bits per heavy atom. The lowest BCUT2D eigenvalue weighted by Crippen LogP contribution is -2.41. The number of hydrogen-bond donors (Lipinski definition) is 3. The number of carbonyl (C=O) groups is 1. The highest BCUT2D eigenvalue weighted by molar-refractivity contribution is 5.89. The molecule has 7 nitrogen and oxygen atoms in total. The Balaban J connectivity index is 1.53. The number of hydrogen-bond acceptors (Lipinski definition) is 5. The van der Waals surface area contributed by atoms with E-state index < -0.39 is 6.29 Å². The van der Waals surface area contributed by atoms with E-state index in [4.69, 9.17) is 9.47 Å². The van der Waals surface area contributed by atoms with Crippen LogP contribution in [0.5, 0.6) is 0 Å². The zero-order valence-corrected chi connectivity index (χ0v) is 19.3. The first-order chi connectivity index (χ1) is 16.1. The maximum Gasteiger partial charge on any atom is 0.319 e. The standard InChI is InChI=1S/C26H35N3O4/c1-2-27-26(31)28-22-8-6-7-21(15-22)25-32-23(17-29-13-4-3-5-14-29)16-24(33-25)20-11-9-19(18-30)10-12-20/h6-12,15,23-25,30H,2-5,13-14,16-18H2,1H3,(H2,27,28,31). The van der Waals surface area contributed by atoms with E-state index in [9.17, 15) is 9.90 Å². The van der Waals surface area contributed by atoms with Crippen molar-refractivity contribution in [2.75, 3.05) is 31.5 Å². The first-order valence-electron chi connectivity index (χ1n) is 12.0. The molecular weight excluding hydrogens is 418 g/mol. The Morgan fingerprint density at radius 3 is 2.58 bits per heavy atom. The lowest BCUT2D eigenvalue weighted by molar-refractivity contribution is -0.253. The zero-order chi connectivity index (χ0) is 23.0. The summed E-state index contributed by atoms with van der Waals surface area (Å²) in [5, 5.41) is 15.0. The molecule has 2 aliphatic rings. The highest BCUT2D eigenvalue weighted by Crippen LogP contribution is 2.38. The van der Waals surface area contributed by atoms with Crippen LogP contribution in [0.2, 0.25) is 0 Å². The fraction of sp³-hybridized carbons (Fsp3) is 0.500. The van der Waals surface area contributed by atoms with Gasteiger partial charge in [-0.1, -0.05) is 42.8 Å². The van der Waals surface area contributed by atoms with Gasteiger partial charge in [-0.3, -0.25) is 0 Å². The summed E-state index contributed by atoms with van der Waals surface area (Å²) in [5.74, 6) is 0. The van der Waals surface area contributed by atoms with E-state index in [-0.39, 0.29) is 24.8 Å². The number of carbonyl (C=O) groups excluding carboxylic acids is 1. The van der Waals surface area contributed by atoms with E-state index >= 15 is 0 Å². The molecule has 0 aromatic heterocycles. The van der Waals surface area contributed by atoms with Gasteiger partial charge in [0.15, 0.2) is 6.29 Å². The number of nitrogens with zero attached hydrogens (tertiary/aromatic N) is 1. The molecule has 0 radical (unpaired) electrons. The van der Waals surface area contributed by atoms with E-state index in [1.807, 2.05) is 55.5 Å². The number of rotatable bonds is 7. The molecule has 3 atom stereocenters. The van der Waals surface area contributed by atoms with Crippen molar-refractivity contribution in [3.05, 3.63) is 65.2 Å². The molecule has 2 amide bonds. The highest BCUT2D eigenvalue weighted by atomic mass is 16.7. The maximum absolute atomic E-state index is 12.0. The number of piperidine rings is 1. The number of amides is 2. The molecule has 2 heterocycles. The Labute approximate surface area is 196 Å². The third-order valence-corrected chi connectivity index (χ3v) is 6.28. The number of urea groups is 1. The fourth-order valence-corrected chi connectivity index (χ4v) is 4.56.